The summed E-state index contributed by atoms with van der Waals surface area (Å²) in [6.45, 7) is 2.89. The number of halogens is 2. The van der Waals surface area contributed by atoms with Gasteiger partial charge in [-0.25, -0.2) is 4.39 Å². The largest absolute Gasteiger partial charge is 0.494 e. The van der Waals surface area contributed by atoms with E-state index in [-0.39, 0.29) is 34.2 Å². The molecule has 0 unspecified atom stereocenters. The number of aromatic nitrogens is 1. The van der Waals surface area contributed by atoms with E-state index >= 15 is 4.39 Å². The van der Waals surface area contributed by atoms with E-state index in [4.69, 9.17) is 21.1 Å². The standard InChI is InChI=1S/C31H28ClFN4O3/c1-4-39-29-17-27-24(14-20(29)13-22(38)9-8-12-37(2)3)31(21(18-34)19-35-27)36-28-16-26(33)30(15-25(28)32)40-23-10-6-5-7-11-23/h5-11,14-17,19H,4,12-13H2,1-3H3,(H,35,36)/b9-8+. The van der Waals surface area contributed by atoms with Crippen molar-refractivity contribution >= 4 is 39.7 Å². The number of fused-ring (bicyclic) bond motifs is 1. The second-order valence-electron chi connectivity index (χ2n) is 9.18. The van der Waals surface area contributed by atoms with Crippen molar-refractivity contribution in [2.45, 2.75) is 13.3 Å². The number of rotatable bonds is 11. The van der Waals surface area contributed by atoms with Crippen LogP contribution in [0.3, 0.4) is 0 Å². The number of nitrogens with zero attached hydrogens (tertiary/aromatic N) is 3. The number of hydrogen-bond acceptors (Lipinski definition) is 7. The van der Waals surface area contributed by atoms with E-state index in [0.29, 0.717) is 46.8 Å². The number of carbonyl (C=O) groups excluding carboxylic acids is 1. The maximum absolute atomic E-state index is 15.0. The molecule has 3 aromatic carbocycles. The monoisotopic (exact) mass is 558 g/mol. The lowest BCUT2D eigenvalue weighted by molar-refractivity contribution is -0.114. The van der Waals surface area contributed by atoms with Crippen LogP contribution in [0.15, 0.2) is 72.9 Å². The van der Waals surface area contributed by atoms with Crippen molar-refractivity contribution in [2.24, 2.45) is 0 Å². The number of nitrogens with one attached hydrogen (secondary N) is 1. The Hall–Kier alpha value is -4.45. The Morgan fingerprint density at radius 1 is 1.18 bits per heavy atom. The zero-order valence-corrected chi connectivity index (χ0v) is 23.1. The molecule has 0 fully saturated rings. The van der Waals surface area contributed by atoms with Gasteiger partial charge in [0.1, 0.15) is 17.6 Å². The van der Waals surface area contributed by atoms with Crippen LogP contribution in [0, 0.1) is 17.1 Å². The number of benzene rings is 3. The Morgan fingerprint density at radius 2 is 1.95 bits per heavy atom. The summed E-state index contributed by atoms with van der Waals surface area (Å²) in [6.07, 6.45) is 4.86. The predicted molar refractivity (Wildman–Crippen MR) is 155 cm³/mol. The zero-order chi connectivity index (χ0) is 28.6. The number of likely N-dealkylation sites (N-methyl/N-ethyl adjacent to an activating group) is 1. The molecule has 0 amide bonds. The smallest absolute Gasteiger partial charge is 0.167 e. The molecule has 40 heavy (non-hydrogen) atoms. The lowest BCUT2D eigenvalue weighted by Gasteiger charge is -2.17. The zero-order valence-electron chi connectivity index (χ0n) is 22.4. The van der Waals surface area contributed by atoms with E-state index in [1.807, 2.05) is 32.0 Å². The first-order valence-corrected chi connectivity index (χ1v) is 13.0. The summed E-state index contributed by atoms with van der Waals surface area (Å²) in [4.78, 5) is 19.1. The van der Waals surface area contributed by atoms with Crippen LogP contribution in [-0.2, 0) is 11.2 Å². The van der Waals surface area contributed by atoms with Gasteiger partial charge in [0, 0.05) is 48.3 Å². The molecule has 1 heterocycles. The number of hydrogen-bond donors (Lipinski definition) is 1. The molecule has 0 atom stereocenters. The summed E-state index contributed by atoms with van der Waals surface area (Å²) in [7, 11) is 3.84. The minimum absolute atomic E-state index is 0.0358. The Balaban J connectivity index is 1.73. The first kappa shape index (κ1) is 28.6. The number of nitriles is 1. The third-order valence-electron chi connectivity index (χ3n) is 5.86. The van der Waals surface area contributed by atoms with Gasteiger partial charge >= 0.3 is 0 Å². The molecule has 0 aliphatic heterocycles. The minimum Gasteiger partial charge on any atom is -0.494 e. The maximum atomic E-state index is 15.0. The van der Waals surface area contributed by atoms with E-state index in [0.717, 1.165) is 0 Å². The van der Waals surface area contributed by atoms with Crippen LogP contribution in [0.2, 0.25) is 5.02 Å². The van der Waals surface area contributed by atoms with Gasteiger partial charge < -0.3 is 19.7 Å². The van der Waals surface area contributed by atoms with Crippen LogP contribution in [0.25, 0.3) is 10.9 Å². The molecule has 1 N–H and O–H groups in total. The normalized spacial score (nSPS) is 11.1. The van der Waals surface area contributed by atoms with Crippen molar-refractivity contribution in [2.75, 3.05) is 32.6 Å². The van der Waals surface area contributed by atoms with Crippen LogP contribution in [0.5, 0.6) is 17.2 Å². The van der Waals surface area contributed by atoms with Gasteiger partial charge in [-0.1, -0.05) is 35.9 Å². The van der Waals surface area contributed by atoms with Gasteiger partial charge in [-0.3, -0.25) is 9.78 Å². The number of allylic oxidation sites excluding steroid dienone is 1. The summed E-state index contributed by atoms with van der Waals surface area (Å²) in [6, 6.07) is 17.0. The van der Waals surface area contributed by atoms with Gasteiger partial charge in [-0.05, 0) is 45.3 Å². The molecule has 0 spiro atoms. The highest BCUT2D eigenvalue weighted by Gasteiger charge is 2.18. The predicted octanol–water partition coefficient (Wildman–Crippen LogP) is 7.06. The number of pyridine rings is 1. The molecule has 1 aromatic heterocycles. The van der Waals surface area contributed by atoms with E-state index in [9.17, 15) is 10.1 Å². The molecule has 0 aliphatic carbocycles. The summed E-state index contributed by atoms with van der Waals surface area (Å²) < 4.78 is 26.5. The number of anilines is 2. The third kappa shape index (κ3) is 6.94. The molecule has 0 aliphatic rings. The van der Waals surface area contributed by atoms with Crippen LogP contribution in [0.4, 0.5) is 15.8 Å². The minimum atomic E-state index is -0.637. The summed E-state index contributed by atoms with van der Waals surface area (Å²) in [5.74, 6) is 0.223. The van der Waals surface area contributed by atoms with E-state index in [2.05, 4.69) is 16.4 Å². The van der Waals surface area contributed by atoms with Gasteiger partial charge in [0.15, 0.2) is 17.3 Å². The Labute approximate surface area is 237 Å². The Kier molecular flexibility index (Phi) is 9.33. The highest BCUT2D eigenvalue weighted by Crippen LogP contribution is 2.38. The number of para-hydroxylation sites is 1. The molecule has 9 heteroatoms. The van der Waals surface area contributed by atoms with Crippen molar-refractivity contribution in [1.29, 1.82) is 5.26 Å². The molecular formula is C31H28ClFN4O3. The van der Waals surface area contributed by atoms with Gasteiger partial charge in [-0.15, -0.1) is 0 Å². The fourth-order valence-corrected chi connectivity index (χ4v) is 4.21. The van der Waals surface area contributed by atoms with Crippen molar-refractivity contribution in [3.8, 4) is 23.3 Å². The van der Waals surface area contributed by atoms with Crippen molar-refractivity contribution in [3.63, 3.8) is 0 Å². The van der Waals surface area contributed by atoms with E-state index in [1.165, 1.54) is 18.3 Å². The summed E-state index contributed by atoms with van der Waals surface area (Å²) in [5, 5.41) is 13.7. The summed E-state index contributed by atoms with van der Waals surface area (Å²) in [5.41, 5.74) is 2.01. The second-order valence-corrected chi connectivity index (χ2v) is 9.59. The van der Waals surface area contributed by atoms with Crippen molar-refractivity contribution in [3.05, 3.63) is 94.9 Å². The second kappa shape index (κ2) is 13.1. The number of carbonyl (C=O) groups is 1. The molecule has 4 aromatic rings. The van der Waals surface area contributed by atoms with Crippen LogP contribution in [-0.4, -0.2) is 42.9 Å². The first-order chi connectivity index (χ1) is 19.3. The van der Waals surface area contributed by atoms with Crippen LogP contribution in [0.1, 0.15) is 18.1 Å². The van der Waals surface area contributed by atoms with Gasteiger partial charge in [0.2, 0.25) is 0 Å². The Morgan fingerprint density at radius 3 is 2.65 bits per heavy atom. The lowest BCUT2D eigenvalue weighted by Crippen LogP contribution is -2.11. The van der Waals surface area contributed by atoms with E-state index in [1.54, 1.807) is 48.6 Å². The number of ether oxygens (including phenoxy) is 2. The van der Waals surface area contributed by atoms with Gasteiger partial charge in [0.25, 0.3) is 0 Å². The molecule has 0 saturated carbocycles. The number of ketones is 1. The Bertz CT molecular complexity index is 1600. The SMILES string of the molecule is CCOc1cc2ncc(C#N)c(Nc3cc(F)c(Oc4ccccc4)cc3Cl)c2cc1CC(=O)/C=C/CN(C)C. The molecule has 0 saturated heterocycles. The van der Waals surface area contributed by atoms with Gasteiger partial charge in [0.05, 0.1) is 34.1 Å². The van der Waals surface area contributed by atoms with Gasteiger partial charge in [-0.2, -0.15) is 5.26 Å². The molecule has 7 nitrogen and oxygen atoms in total. The van der Waals surface area contributed by atoms with Crippen LogP contribution < -0.4 is 14.8 Å². The highest BCUT2D eigenvalue weighted by molar-refractivity contribution is 6.33. The average molecular weight is 559 g/mol. The molecule has 0 bridgehead atoms. The molecule has 204 valence electrons. The molecule has 0 radical (unpaired) electrons. The maximum Gasteiger partial charge on any atom is 0.167 e. The fraction of sp³-hybridized carbons (Fsp3) is 0.194. The van der Waals surface area contributed by atoms with E-state index < -0.39 is 5.82 Å². The topological polar surface area (TPSA) is 87.5 Å². The molecule has 4 rings (SSSR count). The van der Waals surface area contributed by atoms with Crippen molar-refractivity contribution < 1.29 is 18.7 Å². The fourth-order valence-electron chi connectivity index (χ4n) is 4.01. The third-order valence-corrected chi connectivity index (χ3v) is 6.17. The quantitative estimate of drug-likeness (QED) is 0.197. The lowest BCUT2D eigenvalue weighted by atomic mass is 10.0. The van der Waals surface area contributed by atoms with Crippen LogP contribution >= 0.6 is 11.6 Å². The highest BCUT2D eigenvalue weighted by atomic mass is 35.5. The van der Waals surface area contributed by atoms with Crippen molar-refractivity contribution in [1.82, 2.24) is 9.88 Å². The first-order valence-electron chi connectivity index (χ1n) is 12.6. The molecular weight excluding hydrogens is 531 g/mol. The average Bonchev–Trinajstić information content (AvgIpc) is 2.92. The summed E-state index contributed by atoms with van der Waals surface area (Å²) >= 11 is 6.52.